The number of ether oxygens (including phenoxy) is 1. The number of carbonyl (C=O) groups is 2. The number of hydrogen-bond donors (Lipinski definition) is 2. The summed E-state index contributed by atoms with van der Waals surface area (Å²) >= 11 is 0.959. The highest BCUT2D eigenvalue weighted by Crippen LogP contribution is 2.26. The Kier molecular flexibility index (Phi) is 4.99. The Bertz CT molecular complexity index is 673. The van der Waals surface area contributed by atoms with E-state index in [-0.39, 0.29) is 23.7 Å². The van der Waals surface area contributed by atoms with Crippen molar-refractivity contribution in [1.82, 2.24) is 20.3 Å². The lowest BCUT2D eigenvalue weighted by molar-refractivity contribution is -0.137. The zero-order chi connectivity index (χ0) is 16.1. The van der Waals surface area contributed by atoms with Crippen LogP contribution in [0.25, 0.3) is 0 Å². The molecular weight excluding hydrogens is 322 g/mol. The van der Waals surface area contributed by atoms with Gasteiger partial charge in [-0.25, -0.2) is 4.68 Å². The van der Waals surface area contributed by atoms with E-state index in [1.54, 1.807) is 0 Å². The van der Waals surface area contributed by atoms with E-state index < -0.39 is 18.5 Å². The van der Waals surface area contributed by atoms with Crippen LogP contribution >= 0.6 is 11.3 Å². The second-order valence-electron chi connectivity index (χ2n) is 3.98. The van der Waals surface area contributed by atoms with Crippen molar-refractivity contribution in [1.29, 1.82) is 0 Å². The quantitative estimate of drug-likeness (QED) is 0.782. The first-order valence-corrected chi connectivity index (χ1v) is 6.75. The van der Waals surface area contributed by atoms with Crippen molar-refractivity contribution in [3.8, 4) is 5.75 Å². The minimum Gasteiger partial charge on any atom is -0.480 e. The number of carboxylic acid groups (broad SMARTS) is 1. The van der Waals surface area contributed by atoms with E-state index in [2.05, 4.69) is 20.4 Å². The van der Waals surface area contributed by atoms with Crippen LogP contribution in [0.5, 0.6) is 5.75 Å². The smallest absolute Gasteiger partial charge is 0.387 e. The van der Waals surface area contributed by atoms with E-state index in [1.165, 1.54) is 17.6 Å². The zero-order valence-electron chi connectivity index (χ0n) is 10.9. The highest BCUT2D eigenvalue weighted by atomic mass is 32.1. The molecule has 0 fully saturated rings. The second-order valence-corrected chi connectivity index (χ2v) is 4.89. The summed E-state index contributed by atoms with van der Waals surface area (Å²) in [6.07, 6.45) is 1.36. The van der Waals surface area contributed by atoms with E-state index in [0.717, 1.165) is 16.0 Å². The molecule has 2 heterocycles. The van der Waals surface area contributed by atoms with Crippen molar-refractivity contribution in [3.63, 3.8) is 0 Å². The standard InChI is InChI=1S/C11H10F2N4O4S/c12-11(13)21-7-1-2-22-9(7)10(20)14-3-6-4-17(16-15-6)5-8(18)19/h1-2,4,11H,3,5H2,(H,14,20)(H,18,19). The summed E-state index contributed by atoms with van der Waals surface area (Å²) in [6, 6.07) is 1.27. The Balaban J connectivity index is 1.94. The first kappa shape index (κ1) is 15.8. The molecule has 0 aliphatic heterocycles. The minimum atomic E-state index is -3.02. The minimum absolute atomic E-state index is 0.0122. The van der Waals surface area contributed by atoms with E-state index in [9.17, 15) is 18.4 Å². The van der Waals surface area contributed by atoms with Gasteiger partial charge in [0.15, 0.2) is 0 Å². The lowest BCUT2D eigenvalue weighted by Crippen LogP contribution is -2.23. The number of nitrogens with zero attached hydrogens (tertiary/aromatic N) is 3. The molecule has 0 saturated carbocycles. The van der Waals surface area contributed by atoms with Crippen LogP contribution in [0.15, 0.2) is 17.6 Å². The van der Waals surface area contributed by atoms with Gasteiger partial charge in [0.1, 0.15) is 22.9 Å². The van der Waals surface area contributed by atoms with Crippen molar-refractivity contribution in [2.24, 2.45) is 0 Å². The molecule has 0 radical (unpaired) electrons. The fourth-order valence-electron chi connectivity index (χ4n) is 1.54. The van der Waals surface area contributed by atoms with Crippen molar-refractivity contribution in [3.05, 3.63) is 28.2 Å². The molecule has 0 aliphatic rings. The number of rotatable bonds is 7. The predicted octanol–water partition coefficient (Wildman–Crippen LogP) is 0.956. The first-order chi connectivity index (χ1) is 10.5. The van der Waals surface area contributed by atoms with E-state index in [1.807, 2.05) is 0 Å². The molecule has 0 aromatic carbocycles. The summed E-state index contributed by atoms with van der Waals surface area (Å²) < 4.78 is 29.7. The maximum absolute atomic E-state index is 12.2. The van der Waals surface area contributed by atoms with Gasteiger partial charge in [0.2, 0.25) is 0 Å². The fourth-order valence-corrected chi connectivity index (χ4v) is 2.28. The number of amides is 1. The molecule has 0 unspecified atom stereocenters. The predicted molar refractivity (Wildman–Crippen MR) is 69.8 cm³/mol. The van der Waals surface area contributed by atoms with Gasteiger partial charge >= 0.3 is 12.6 Å². The summed E-state index contributed by atoms with van der Waals surface area (Å²) in [5.41, 5.74) is 0.336. The van der Waals surface area contributed by atoms with Crippen LogP contribution in [0.4, 0.5) is 8.78 Å². The molecule has 11 heteroatoms. The number of aromatic nitrogens is 3. The summed E-state index contributed by atoms with van der Waals surface area (Å²) in [7, 11) is 0. The van der Waals surface area contributed by atoms with Gasteiger partial charge in [-0.3, -0.25) is 9.59 Å². The maximum atomic E-state index is 12.2. The van der Waals surface area contributed by atoms with Gasteiger partial charge in [-0.15, -0.1) is 16.4 Å². The summed E-state index contributed by atoms with van der Waals surface area (Å²) in [6.45, 7) is -3.39. The highest BCUT2D eigenvalue weighted by Gasteiger charge is 2.17. The maximum Gasteiger partial charge on any atom is 0.387 e. The lowest BCUT2D eigenvalue weighted by Gasteiger charge is -2.05. The molecule has 2 rings (SSSR count). The van der Waals surface area contributed by atoms with Gasteiger partial charge in [0, 0.05) is 0 Å². The monoisotopic (exact) mass is 332 g/mol. The Hall–Kier alpha value is -2.56. The van der Waals surface area contributed by atoms with Crippen molar-refractivity contribution >= 4 is 23.2 Å². The van der Waals surface area contributed by atoms with Crippen molar-refractivity contribution in [2.45, 2.75) is 19.7 Å². The number of carboxylic acids is 1. The van der Waals surface area contributed by atoms with Crippen molar-refractivity contribution < 1.29 is 28.2 Å². The Morgan fingerprint density at radius 1 is 1.50 bits per heavy atom. The SMILES string of the molecule is O=C(O)Cn1cc(CNC(=O)c2sccc2OC(F)F)nn1. The third kappa shape index (κ3) is 4.22. The molecule has 0 spiro atoms. The molecule has 2 N–H and O–H groups in total. The molecule has 8 nitrogen and oxygen atoms in total. The van der Waals surface area contributed by atoms with E-state index >= 15 is 0 Å². The number of thiophene rings is 1. The van der Waals surface area contributed by atoms with Gasteiger partial charge in [0.05, 0.1) is 12.7 Å². The zero-order valence-corrected chi connectivity index (χ0v) is 11.7. The topological polar surface area (TPSA) is 106 Å². The van der Waals surface area contributed by atoms with Crippen molar-refractivity contribution in [2.75, 3.05) is 0 Å². The molecule has 0 atom stereocenters. The molecule has 2 aromatic rings. The Labute approximate surface area is 126 Å². The van der Waals surface area contributed by atoms with Gasteiger partial charge < -0.3 is 15.2 Å². The number of nitrogens with one attached hydrogen (secondary N) is 1. The molecular formula is C11H10F2N4O4S. The fraction of sp³-hybridized carbons (Fsp3) is 0.273. The molecule has 0 saturated heterocycles. The van der Waals surface area contributed by atoms with Gasteiger partial charge in [-0.2, -0.15) is 8.78 Å². The number of aliphatic carboxylic acids is 1. The molecule has 0 aliphatic carbocycles. The van der Waals surface area contributed by atoms with Gasteiger partial charge in [-0.05, 0) is 11.4 Å². The van der Waals surface area contributed by atoms with E-state index in [0.29, 0.717) is 5.69 Å². The molecule has 1 amide bonds. The largest absolute Gasteiger partial charge is 0.480 e. The molecule has 22 heavy (non-hydrogen) atoms. The Morgan fingerprint density at radius 3 is 2.95 bits per heavy atom. The van der Waals surface area contributed by atoms with Crippen LogP contribution in [-0.2, 0) is 17.9 Å². The van der Waals surface area contributed by atoms with Crippen LogP contribution < -0.4 is 10.1 Å². The number of hydrogen-bond acceptors (Lipinski definition) is 6. The highest BCUT2D eigenvalue weighted by molar-refractivity contribution is 7.12. The van der Waals surface area contributed by atoms with Gasteiger partial charge in [-0.1, -0.05) is 5.21 Å². The number of halogens is 2. The van der Waals surface area contributed by atoms with Crippen LogP contribution in [0.1, 0.15) is 15.4 Å². The average molecular weight is 332 g/mol. The summed E-state index contributed by atoms with van der Waals surface area (Å²) in [5, 5.41) is 19.8. The van der Waals surface area contributed by atoms with Crippen LogP contribution in [0, 0.1) is 0 Å². The molecule has 118 valence electrons. The van der Waals surface area contributed by atoms with Crippen LogP contribution in [0.2, 0.25) is 0 Å². The second kappa shape index (κ2) is 6.93. The first-order valence-electron chi connectivity index (χ1n) is 5.87. The van der Waals surface area contributed by atoms with E-state index in [4.69, 9.17) is 5.11 Å². The summed E-state index contributed by atoms with van der Waals surface area (Å²) in [4.78, 5) is 22.4. The third-order valence-corrected chi connectivity index (χ3v) is 3.26. The van der Waals surface area contributed by atoms with Gasteiger partial charge in [0.25, 0.3) is 5.91 Å². The average Bonchev–Trinajstić information content (AvgIpc) is 3.04. The van der Waals surface area contributed by atoms with Crippen LogP contribution in [0.3, 0.4) is 0 Å². The third-order valence-electron chi connectivity index (χ3n) is 2.36. The lowest BCUT2D eigenvalue weighted by atomic mass is 10.4. The Morgan fingerprint density at radius 2 is 2.27 bits per heavy atom. The molecule has 0 bridgehead atoms. The normalized spacial score (nSPS) is 10.7. The number of alkyl halides is 2. The summed E-state index contributed by atoms with van der Waals surface area (Å²) in [5.74, 6) is -1.88. The number of carbonyl (C=O) groups excluding carboxylic acids is 1. The molecule has 2 aromatic heterocycles. The van der Waals surface area contributed by atoms with Crippen LogP contribution in [-0.4, -0.2) is 38.6 Å².